The maximum atomic E-state index is 10.9. The minimum atomic E-state index is -1.18. The van der Waals surface area contributed by atoms with Gasteiger partial charge in [0.25, 0.3) is 5.91 Å². The zero-order valence-electron chi connectivity index (χ0n) is 8.68. The van der Waals surface area contributed by atoms with Gasteiger partial charge in [-0.25, -0.2) is 4.98 Å². The number of carbonyl (C=O) groups is 1. The number of hydrogen-bond donors (Lipinski definition) is 4. The summed E-state index contributed by atoms with van der Waals surface area (Å²) < 4.78 is 5.26. The second kappa shape index (κ2) is 4.67. The van der Waals surface area contributed by atoms with Gasteiger partial charge in [-0.05, 0) is 0 Å². The SMILES string of the molecule is NC(=O)c1csc([C@H]2O[C@@H](CO)[C@@H](O)[C@H]2O)n1. The molecular weight excluding hydrogens is 248 g/mol. The van der Waals surface area contributed by atoms with Gasteiger partial charge in [0.05, 0.1) is 6.61 Å². The summed E-state index contributed by atoms with van der Waals surface area (Å²) in [4.78, 5) is 14.8. The Morgan fingerprint density at radius 2 is 2.24 bits per heavy atom. The van der Waals surface area contributed by atoms with Crippen LogP contribution in [-0.2, 0) is 4.74 Å². The van der Waals surface area contributed by atoms with Gasteiger partial charge in [0.15, 0.2) is 0 Å². The number of aromatic nitrogens is 1. The third-order valence-corrected chi connectivity index (χ3v) is 3.47. The molecule has 94 valence electrons. The number of hydrogen-bond acceptors (Lipinski definition) is 7. The Labute approximate surface area is 100 Å². The largest absolute Gasteiger partial charge is 0.394 e. The Morgan fingerprint density at radius 3 is 2.71 bits per heavy atom. The van der Waals surface area contributed by atoms with Gasteiger partial charge in [-0.15, -0.1) is 11.3 Å². The Hall–Kier alpha value is -1.06. The monoisotopic (exact) mass is 260 g/mol. The van der Waals surface area contributed by atoms with Crippen molar-refractivity contribution in [3.8, 4) is 0 Å². The van der Waals surface area contributed by atoms with Gasteiger partial charge in [-0.2, -0.15) is 0 Å². The lowest BCUT2D eigenvalue weighted by atomic mass is 10.1. The van der Waals surface area contributed by atoms with Crippen molar-refractivity contribution in [1.82, 2.24) is 4.98 Å². The predicted octanol–water partition coefficient (Wildman–Crippen LogP) is -1.60. The van der Waals surface area contributed by atoms with Gasteiger partial charge in [-0.3, -0.25) is 4.79 Å². The fourth-order valence-electron chi connectivity index (χ4n) is 1.64. The van der Waals surface area contributed by atoms with E-state index in [0.29, 0.717) is 5.01 Å². The molecule has 1 aliphatic rings. The van der Waals surface area contributed by atoms with E-state index in [4.69, 9.17) is 15.6 Å². The molecule has 1 saturated heterocycles. The number of thiazole rings is 1. The van der Waals surface area contributed by atoms with Gasteiger partial charge < -0.3 is 25.8 Å². The Bertz CT molecular complexity index is 423. The summed E-state index contributed by atoms with van der Waals surface area (Å²) in [6.07, 6.45) is -4.05. The number of amides is 1. The molecule has 0 spiro atoms. The summed E-state index contributed by atoms with van der Waals surface area (Å²) in [6.45, 7) is -0.400. The number of aliphatic hydroxyl groups excluding tert-OH is 3. The van der Waals surface area contributed by atoms with Gasteiger partial charge >= 0.3 is 0 Å². The van der Waals surface area contributed by atoms with Crippen molar-refractivity contribution in [2.24, 2.45) is 5.73 Å². The van der Waals surface area contributed by atoms with E-state index in [2.05, 4.69) is 4.98 Å². The summed E-state index contributed by atoms with van der Waals surface area (Å²) in [7, 11) is 0. The van der Waals surface area contributed by atoms with Crippen LogP contribution in [0.15, 0.2) is 5.38 Å². The lowest BCUT2D eigenvalue weighted by molar-refractivity contribution is -0.0228. The molecular formula is C9H12N2O5S. The maximum absolute atomic E-state index is 10.9. The normalized spacial score (nSPS) is 32.9. The average Bonchev–Trinajstić information content (AvgIpc) is 2.87. The van der Waals surface area contributed by atoms with E-state index in [1.807, 2.05) is 0 Å². The molecule has 1 aliphatic heterocycles. The molecule has 2 rings (SSSR count). The molecule has 8 heteroatoms. The lowest BCUT2D eigenvalue weighted by Gasteiger charge is -2.11. The van der Waals surface area contributed by atoms with E-state index in [-0.39, 0.29) is 5.69 Å². The minimum Gasteiger partial charge on any atom is -0.394 e. The number of aliphatic hydroxyl groups is 3. The number of nitrogens with zero attached hydrogens (tertiary/aromatic N) is 1. The first-order valence-electron chi connectivity index (χ1n) is 4.92. The van der Waals surface area contributed by atoms with Crippen molar-refractivity contribution < 1.29 is 24.9 Å². The number of primary amides is 1. The number of rotatable bonds is 3. The van der Waals surface area contributed by atoms with Crippen LogP contribution in [0.4, 0.5) is 0 Å². The van der Waals surface area contributed by atoms with Crippen molar-refractivity contribution in [3.63, 3.8) is 0 Å². The minimum absolute atomic E-state index is 0.0859. The van der Waals surface area contributed by atoms with Gasteiger partial charge in [0, 0.05) is 5.38 Å². The first kappa shape index (κ1) is 12.4. The zero-order chi connectivity index (χ0) is 12.6. The smallest absolute Gasteiger partial charge is 0.268 e. The molecule has 0 saturated carbocycles. The van der Waals surface area contributed by atoms with Crippen LogP contribution in [0.25, 0.3) is 0 Å². The lowest BCUT2D eigenvalue weighted by Crippen LogP contribution is -2.32. The fraction of sp³-hybridized carbons (Fsp3) is 0.556. The fourth-order valence-corrected chi connectivity index (χ4v) is 2.52. The van der Waals surface area contributed by atoms with E-state index >= 15 is 0 Å². The summed E-state index contributed by atoms with van der Waals surface area (Å²) in [5.41, 5.74) is 5.14. The summed E-state index contributed by atoms with van der Waals surface area (Å²) in [6, 6.07) is 0. The van der Waals surface area contributed by atoms with Crippen molar-refractivity contribution in [1.29, 1.82) is 0 Å². The van der Waals surface area contributed by atoms with Crippen LogP contribution >= 0.6 is 11.3 Å². The molecule has 0 bridgehead atoms. The van der Waals surface area contributed by atoms with Crippen molar-refractivity contribution in [2.75, 3.05) is 6.61 Å². The molecule has 4 atom stereocenters. The number of carbonyl (C=O) groups excluding carboxylic acids is 1. The predicted molar refractivity (Wildman–Crippen MR) is 57.3 cm³/mol. The molecule has 1 amide bonds. The highest BCUT2D eigenvalue weighted by Gasteiger charge is 2.44. The van der Waals surface area contributed by atoms with Crippen LogP contribution in [0.3, 0.4) is 0 Å². The Balaban J connectivity index is 2.19. The summed E-state index contributed by atoms with van der Waals surface area (Å²) in [5, 5.41) is 30.0. The highest BCUT2D eigenvalue weighted by atomic mass is 32.1. The van der Waals surface area contributed by atoms with E-state index in [9.17, 15) is 15.0 Å². The van der Waals surface area contributed by atoms with Crippen LogP contribution in [0.2, 0.25) is 0 Å². The molecule has 5 N–H and O–H groups in total. The van der Waals surface area contributed by atoms with Crippen LogP contribution in [0.5, 0.6) is 0 Å². The second-order valence-electron chi connectivity index (χ2n) is 3.69. The van der Waals surface area contributed by atoms with Crippen LogP contribution in [-0.4, -0.2) is 51.1 Å². The standard InChI is InChI=1S/C9H12N2O5S/c10-8(15)3-2-17-9(11-3)7-6(14)5(13)4(1-12)16-7/h2,4-7,12-14H,1H2,(H2,10,15)/t4-,5+,6+,7-/m0/s1. The quantitative estimate of drug-likeness (QED) is 0.518. The molecule has 1 aromatic heterocycles. The molecule has 0 aromatic carbocycles. The highest BCUT2D eigenvalue weighted by Crippen LogP contribution is 2.34. The average molecular weight is 260 g/mol. The third-order valence-electron chi connectivity index (χ3n) is 2.56. The zero-order valence-corrected chi connectivity index (χ0v) is 9.50. The van der Waals surface area contributed by atoms with E-state index in [1.165, 1.54) is 5.38 Å². The summed E-state index contributed by atoms with van der Waals surface area (Å²) >= 11 is 1.10. The highest BCUT2D eigenvalue weighted by molar-refractivity contribution is 7.09. The first-order chi connectivity index (χ1) is 8.04. The number of nitrogens with two attached hydrogens (primary N) is 1. The Kier molecular flexibility index (Phi) is 3.40. The van der Waals surface area contributed by atoms with E-state index in [1.54, 1.807) is 0 Å². The van der Waals surface area contributed by atoms with Crippen molar-refractivity contribution in [3.05, 3.63) is 16.1 Å². The molecule has 7 nitrogen and oxygen atoms in total. The van der Waals surface area contributed by atoms with Crippen molar-refractivity contribution >= 4 is 17.2 Å². The molecule has 0 aliphatic carbocycles. The van der Waals surface area contributed by atoms with Crippen LogP contribution in [0.1, 0.15) is 21.6 Å². The molecule has 0 radical (unpaired) electrons. The van der Waals surface area contributed by atoms with Crippen LogP contribution in [0, 0.1) is 0 Å². The van der Waals surface area contributed by atoms with E-state index < -0.39 is 36.9 Å². The van der Waals surface area contributed by atoms with Crippen LogP contribution < -0.4 is 5.73 Å². The molecule has 0 unspecified atom stereocenters. The molecule has 2 heterocycles. The third kappa shape index (κ3) is 2.17. The van der Waals surface area contributed by atoms with Gasteiger partial charge in [-0.1, -0.05) is 0 Å². The maximum Gasteiger partial charge on any atom is 0.268 e. The Morgan fingerprint density at radius 1 is 1.53 bits per heavy atom. The van der Waals surface area contributed by atoms with Crippen molar-refractivity contribution in [2.45, 2.75) is 24.4 Å². The first-order valence-corrected chi connectivity index (χ1v) is 5.80. The molecule has 1 aromatic rings. The molecule has 17 heavy (non-hydrogen) atoms. The topological polar surface area (TPSA) is 126 Å². The summed E-state index contributed by atoms with van der Waals surface area (Å²) in [5.74, 6) is -0.667. The van der Waals surface area contributed by atoms with Gasteiger partial charge in [0.2, 0.25) is 0 Å². The van der Waals surface area contributed by atoms with E-state index in [0.717, 1.165) is 11.3 Å². The molecule has 1 fully saturated rings. The van der Waals surface area contributed by atoms with Gasteiger partial charge in [0.1, 0.15) is 35.1 Å². The number of ether oxygens (including phenoxy) is 1. The second-order valence-corrected chi connectivity index (χ2v) is 4.58.